The zero-order valence-corrected chi connectivity index (χ0v) is 19.4. The molecule has 1 saturated heterocycles. The molecule has 1 aromatic carbocycles. The first kappa shape index (κ1) is 23.4. The van der Waals surface area contributed by atoms with Gasteiger partial charge < -0.3 is 14.7 Å². The largest absolute Gasteiger partial charge is 0.465 e. The summed E-state index contributed by atoms with van der Waals surface area (Å²) in [5, 5.41) is 15.1. The zero-order chi connectivity index (χ0) is 22.8. The van der Waals surface area contributed by atoms with Gasteiger partial charge in [0.2, 0.25) is 5.88 Å². The quantitative estimate of drug-likeness (QED) is 0.442. The number of likely N-dealkylation sites (tertiary alicyclic amines) is 1. The summed E-state index contributed by atoms with van der Waals surface area (Å²) in [6.07, 6.45) is 5.99. The van der Waals surface area contributed by atoms with Crippen LogP contribution in [0, 0.1) is 6.92 Å². The number of hydrogen-bond donors (Lipinski definition) is 1. The summed E-state index contributed by atoms with van der Waals surface area (Å²) in [5.74, 6) is 1.05. The van der Waals surface area contributed by atoms with Gasteiger partial charge in [0.05, 0.1) is 17.9 Å². The van der Waals surface area contributed by atoms with Gasteiger partial charge in [-0.25, -0.2) is 19.4 Å². The predicted molar refractivity (Wildman–Crippen MR) is 129 cm³/mol. The molecule has 0 spiro atoms. The Morgan fingerprint density at radius 3 is 2.74 bits per heavy atom. The summed E-state index contributed by atoms with van der Waals surface area (Å²) in [7, 11) is 0. The van der Waals surface area contributed by atoms with Gasteiger partial charge in [0.15, 0.2) is 11.4 Å². The number of hydrogen-bond acceptors (Lipinski definition) is 6. The topological polar surface area (TPSA) is 106 Å². The average Bonchev–Trinajstić information content (AvgIpc) is 3.26. The van der Waals surface area contributed by atoms with Crippen LogP contribution in [0.1, 0.15) is 30.1 Å². The SMILES string of the molecule is Cc1ncccc1Oc1ncnc2c1cnn2C1CCN(C(=O)O)C(Cc2ccccc2)C1.Cl. The maximum atomic E-state index is 11.9. The van der Waals surface area contributed by atoms with Crippen molar-refractivity contribution in [3.05, 3.63) is 72.4 Å². The first-order valence-corrected chi connectivity index (χ1v) is 10.9. The third-order valence-electron chi connectivity index (χ3n) is 6.11. The standard InChI is InChI=1S/C24H24N6O3.ClH/c1-16-21(8-5-10-25-16)33-23-20-14-28-30(22(20)26-15-27-23)18-9-11-29(24(31)32)19(13-18)12-17-6-3-2-4-7-17;/h2-8,10,14-15,18-19H,9,11-13H2,1H3,(H,31,32);1H. The number of pyridine rings is 1. The number of halogens is 1. The fourth-order valence-electron chi connectivity index (χ4n) is 4.45. The van der Waals surface area contributed by atoms with Gasteiger partial charge in [0.1, 0.15) is 11.7 Å². The van der Waals surface area contributed by atoms with E-state index in [1.165, 1.54) is 6.33 Å². The molecule has 10 heteroatoms. The smallest absolute Gasteiger partial charge is 0.407 e. The molecule has 0 aliphatic carbocycles. The van der Waals surface area contributed by atoms with Crippen molar-refractivity contribution < 1.29 is 14.6 Å². The molecule has 34 heavy (non-hydrogen) atoms. The first-order valence-electron chi connectivity index (χ1n) is 10.9. The van der Waals surface area contributed by atoms with Gasteiger partial charge in [0.25, 0.3) is 0 Å². The highest BCUT2D eigenvalue weighted by molar-refractivity contribution is 5.85. The normalized spacial score (nSPS) is 17.9. The molecule has 2 unspecified atom stereocenters. The maximum Gasteiger partial charge on any atom is 0.407 e. The number of amides is 1. The van der Waals surface area contributed by atoms with Gasteiger partial charge >= 0.3 is 6.09 Å². The van der Waals surface area contributed by atoms with E-state index in [4.69, 9.17) is 4.74 Å². The first-order chi connectivity index (χ1) is 16.1. The van der Waals surface area contributed by atoms with E-state index in [-0.39, 0.29) is 24.5 Å². The second-order valence-electron chi connectivity index (χ2n) is 8.19. The van der Waals surface area contributed by atoms with Crippen LogP contribution in [-0.2, 0) is 6.42 Å². The number of nitrogens with zero attached hydrogens (tertiary/aromatic N) is 6. The Labute approximate surface area is 202 Å². The molecular weight excluding hydrogens is 456 g/mol. The summed E-state index contributed by atoms with van der Waals surface area (Å²) in [4.78, 5) is 26.4. The predicted octanol–water partition coefficient (Wildman–Crippen LogP) is 4.67. The summed E-state index contributed by atoms with van der Waals surface area (Å²) < 4.78 is 7.90. The van der Waals surface area contributed by atoms with Crippen molar-refractivity contribution in [1.82, 2.24) is 29.6 Å². The van der Waals surface area contributed by atoms with Crippen molar-refractivity contribution in [2.24, 2.45) is 0 Å². The molecular formula is C24H25ClN6O3. The zero-order valence-electron chi connectivity index (χ0n) is 18.6. The monoisotopic (exact) mass is 480 g/mol. The van der Waals surface area contributed by atoms with Crippen LogP contribution in [0.25, 0.3) is 11.0 Å². The minimum absolute atomic E-state index is 0. The van der Waals surface area contributed by atoms with E-state index in [9.17, 15) is 9.90 Å². The summed E-state index contributed by atoms with van der Waals surface area (Å²) in [5.41, 5.74) is 2.56. The molecule has 4 aromatic rings. The van der Waals surface area contributed by atoms with Gasteiger partial charge in [-0.3, -0.25) is 4.98 Å². The Balaban J connectivity index is 0.00000274. The lowest BCUT2D eigenvalue weighted by atomic mass is 9.92. The van der Waals surface area contributed by atoms with Crippen molar-refractivity contribution in [3.8, 4) is 11.6 Å². The molecule has 0 radical (unpaired) electrons. The molecule has 9 nitrogen and oxygen atoms in total. The number of carboxylic acid groups (broad SMARTS) is 1. The van der Waals surface area contributed by atoms with Crippen LogP contribution >= 0.6 is 12.4 Å². The molecule has 1 fully saturated rings. The number of piperidine rings is 1. The number of fused-ring (bicyclic) bond motifs is 1. The van der Waals surface area contributed by atoms with Gasteiger partial charge in [-0.1, -0.05) is 30.3 Å². The Morgan fingerprint density at radius 2 is 1.97 bits per heavy atom. The van der Waals surface area contributed by atoms with Crippen LogP contribution in [0.5, 0.6) is 11.6 Å². The molecule has 2 atom stereocenters. The molecule has 176 valence electrons. The van der Waals surface area contributed by atoms with Gasteiger partial charge in [-0.05, 0) is 43.9 Å². The van der Waals surface area contributed by atoms with E-state index in [1.54, 1.807) is 17.3 Å². The number of ether oxygens (including phenoxy) is 1. The molecule has 0 saturated carbocycles. The van der Waals surface area contributed by atoms with Crippen LogP contribution in [0.4, 0.5) is 4.79 Å². The van der Waals surface area contributed by atoms with E-state index >= 15 is 0 Å². The highest BCUT2D eigenvalue weighted by atomic mass is 35.5. The van der Waals surface area contributed by atoms with E-state index < -0.39 is 6.09 Å². The summed E-state index contributed by atoms with van der Waals surface area (Å²) in [6.45, 7) is 2.32. The number of aromatic nitrogens is 5. The lowest BCUT2D eigenvalue weighted by Gasteiger charge is -2.38. The fourth-order valence-corrected chi connectivity index (χ4v) is 4.45. The van der Waals surface area contributed by atoms with E-state index in [0.29, 0.717) is 48.5 Å². The summed E-state index contributed by atoms with van der Waals surface area (Å²) in [6, 6.07) is 13.5. The number of aryl methyl sites for hydroxylation is 1. The van der Waals surface area contributed by atoms with Crippen LogP contribution < -0.4 is 4.74 Å². The van der Waals surface area contributed by atoms with Crippen molar-refractivity contribution in [2.45, 2.75) is 38.3 Å². The minimum atomic E-state index is -0.885. The van der Waals surface area contributed by atoms with Crippen molar-refractivity contribution in [3.63, 3.8) is 0 Å². The third-order valence-corrected chi connectivity index (χ3v) is 6.11. The number of carbonyl (C=O) groups is 1. The minimum Gasteiger partial charge on any atom is -0.465 e. The number of benzene rings is 1. The van der Waals surface area contributed by atoms with Crippen molar-refractivity contribution in [2.75, 3.05) is 6.54 Å². The Kier molecular flexibility index (Phi) is 6.93. The molecule has 4 heterocycles. The highest BCUT2D eigenvalue weighted by Gasteiger charge is 2.33. The second kappa shape index (κ2) is 10.0. The molecule has 1 N–H and O–H groups in total. The lowest BCUT2D eigenvalue weighted by molar-refractivity contribution is 0.0898. The molecule has 1 aliphatic heterocycles. The van der Waals surface area contributed by atoms with Crippen LogP contribution in [-0.4, -0.2) is 53.4 Å². The van der Waals surface area contributed by atoms with E-state index in [0.717, 1.165) is 11.3 Å². The Morgan fingerprint density at radius 1 is 1.15 bits per heavy atom. The molecule has 3 aromatic heterocycles. The Hall–Kier alpha value is -3.72. The second-order valence-corrected chi connectivity index (χ2v) is 8.19. The van der Waals surface area contributed by atoms with Gasteiger partial charge in [-0.15, -0.1) is 12.4 Å². The van der Waals surface area contributed by atoms with Crippen LogP contribution in [0.3, 0.4) is 0 Å². The molecule has 1 amide bonds. The third kappa shape index (κ3) is 4.65. The number of rotatable bonds is 5. The van der Waals surface area contributed by atoms with E-state index in [1.807, 2.05) is 54.1 Å². The average molecular weight is 481 g/mol. The summed E-state index contributed by atoms with van der Waals surface area (Å²) >= 11 is 0. The van der Waals surface area contributed by atoms with Gasteiger partial charge in [-0.2, -0.15) is 5.10 Å². The van der Waals surface area contributed by atoms with Crippen LogP contribution in [0.15, 0.2) is 61.2 Å². The molecule has 5 rings (SSSR count). The van der Waals surface area contributed by atoms with E-state index in [2.05, 4.69) is 20.1 Å². The molecule has 1 aliphatic rings. The Bertz CT molecular complexity index is 1280. The van der Waals surface area contributed by atoms with Crippen molar-refractivity contribution >= 4 is 29.5 Å². The van der Waals surface area contributed by atoms with Crippen molar-refractivity contribution in [1.29, 1.82) is 0 Å². The van der Waals surface area contributed by atoms with Crippen LogP contribution in [0.2, 0.25) is 0 Å². The lowest BCUT2D eigenvalue weighted by Crippen LogP contribution is -2.47. The molecule has 0 bridgehead atoms. The highest BCUT2D eigenvalue weighted by Crippen LogP contribution is 2.33. The fraction of sp³-hybridized carbons (Fsp3) is 0.292. The maximum absolute atomic E-state index is 11.9. The van der Waals surface area contributed by atoms with Gasteiger partial charge in [0, 0.05) is 18.8 Å².